The summed E-state index contributed by atoms with van der Waals surface area (Å²) in [5.41, 5.74) is 4.66. The lowest BCUT2D eigenvalue weighted by molar-refractivity contribution is 0.512. The van der Waals surface area contributed by atoms with Crippen LogP contribution in [-0.4, -0.2) is 31.7 Å². The van der Waals surface area contributed by atoms with Crippen LogP contribution in [0, 0.1) is 25.5 Å². The minimum Gasteiger partial charge on any atom is -0.348 e. The maximum absolute atomic E-state index is 14.6. The van der Waals surface area contributed by atoms with E-state index in [2.05, 4.69) is 68.8 Å². The third kappa shape index (κ3) is 5.04. The van der Waals surface area contributed by atoms with E-state index in [1.54, 1.807) is 11.3 Å². The zero-order chi connectivity index (χ0) is 23.9. The van der Waals surface area contributed by atoms with Gasteiger partial charge in [-0.2, -0.15) is 0 Å². The molecular weight excluding hydrogens is 598 g/mol. The van der Waals surface area contributed by atoms with Crippen molar-refractivity contribution in [2.45, 2.75) is 43.3 Å². The van der Waals surface area contributed by atoms with Gasteiger partial charge in [-0.05, 0) is 75.7 Å². The van der Waals surface area contributed by atoms with Crippen LogP contribution in [0.25, 0.3) is 0 Å². The predicted molar refractivity (Wildman–Crippen MR) is 135 cm³/mol. The molecule has 176 valence electrons. The number of hydrogen-bond donors (Lipinski definition) is 0. The lowest BCUT2D eigenvalue weighted by Crippen LogP contribution is -2.39. The third-order valence-electron chi connectivity index (χ3n) is 5.92. The van der Waals surface area contributed by atoms with Crippen LogP contribution < -0.4 is 4.90 Å². The Labute approximate surface area is 213 Å². The SMILES string of the molecule is Cc1ccc(C)c(Cc2csc(N3CCC(S(=O)(=O)c4c(F)c(Br)cc(F)c4Br)CC3)n2)c1. The van der Waals surface area contributed by atoms with Gasteiger partial charge in [0.1, 0.15) is 10.7 Å². The second kappa shape index (κ2) is 9.71. The summed E-state index contributed by atoms with van der Waals surface area (Å²) in [6, 6.07) is 7.30. The first-order chi connectivity index (χ1) is 15.6. The van der Waals surface area contributed by atoms with E-state index in [4.69, 9.17) is 4.98 Å². The molecule has 1 aliphatic rings. The van der Waals surface area contributed by atoms with Crippen LogP contribution in [0.3, 0.4) is 0 Å². The zero-order valence-corrected chi connectivity index (χ0v) is 22.8. The minimum absolute atomic E-state index is 0.210. The minimum atomic E-state index is -4.05. The molecule has 0 aliphatic carbocycles. The Bertz CT molecular complexity index is 1280. The van der Waals surface area contributed by atoms with E-state index in [0.29, 0.717) is 25.9 Å². The van der Waals surface area contributed by atoms with E-state index in [1.807, 2.05) is 5.38 Å². The fourth-order valence-electron chi connectivity index (χ4n) is 4.03. The van der Waals surface area contributed by atoms with E-state index < -0.39 is 31.6 Å². The molecule has 2 heterocycles. The molecule has 1 aliphatic heterocycles. The summed E-state index contributed by atoms with van der Waals surface area (Å²) in [7, 11) is -4.05. The number of thiazole rings is 1. The summed E-state index contributed by atoms with van der Waals surface area (Å²) in [4.78, 5) is 6.22. The fraction of sp³-hybridized carbons (Fsp3) is 0.348. The van der Waals surface area contributed by atoms with Gasteiger partial charge in [0.25, 0.3) is 0 Å². The van der Waals surface area contributed by atoms with Crippen molar-refractivity contribution in [2.24, 2.45) is 0 Å². The van der Waals surface area contributed by atoms with Gasteiger partial charge >= 0.3 is 0 Å². The summed E-state index contributed by atoms with van der Waals surface area (Å²) >= 11 is 7.37. The Morgan fingerprint density at radius 1 is 1.15 bits per heavy atom. The maximum Gasteiger partial charge on any atom is 0.185 e. The molecule has 0 bridgehead atoms. The maximum atomic E-state index is 14.6. The average molecular weight is 620 g/mol. The van der Waals surface area contributed by atoms with Crippen LogP contribution in [-0.2, 0) is 16.3 Å². The van der Waals surface area contributed by atoms with Gasteiger partial charge in [0, 0.05) is 24.9 Å². The number of anilines is 1. The molecule has 1 fully saturated rings. The molecule has 10 heteroatoms. The van der Waals surface area contributed by atoms with Crippen LogP contribution >= 0.6 is 43.2 Å². The highest BCUT2D eigenvalue weighted by molar-refractivity contribution is 9.11. The molecule has 0 unspecified atom stereocenters. The Hall–Kier alpha value is -1.36. The van der Waals surface area contributed by atoms with Crippen LogP contribution in [0.4, 0.5) is 13.9 Å². The molecule has 1 saturated heterocycles. The highest BCUT2D eigenvalue weighted by Crippen LogP contribution is 2.37. The van der Waals surface area contributed by atoms with Gasteiger partial charge in [-0.25, -0.2) is 22.2 Å². The second-order valence-corrected chi connectivity index (χ2v) is 12.9. The summed E-state index contributed by atoms with van der Waals surface area (Å²) < 4.78 is 54.5. The number of benzene rings is 2. The highest BCUT2D eigenvalue weighted by Gasteiger charge is 2.37. The van der Waals surface area contributed by atoms with Crippen LogP contribution in [0.5, 0.6) is 0 Å². The second-order valence-electron chi connectivity index (χ2n) is 8.26. The normalized spacial score (nSPS) is 15.3. The number of piperidine rings is 1. The molecular formula is C23H22Br2F2N2O2S2. The molecule has 0 saturated carbocycles. The fourth-order valence-corrected chi connectivity index (χ4v) is 8.28. The summed E-state index contributed by atoms with van der Waals surface area (Å²) in [6.45, 7) is 5.12. The molecule has 0 atom stereocenters. The lowest BCUT2D eigenvalue weighted by atomic mass is 10.0. The first-order valence-corrected chi connectivity index (χ1v) is 14.4. The molecule has 0 amide bonds. The number of aryl methyl sites for hydroxylation is 2. The molecule has 0 radical (unpaired) electrons. The van der Waals surface area contributed by atoms with Crippen molar-refractivity contribution in [3.63, 3.8) is 0 Å². The molecule has 33 heavy (non-hydrogen) atoms. The average Bonchev–Trinajstić information content (AvgIpc) is 3.23. The monoisotopic (exact) mass is 618 g/mol. The smallest absolute Gasteiger partial charge is 0.185 e. The third-order valence-corrected chi connectivity index (χ3v) is 10.8. The largest absolute Gasteiger partial charge is 0.348 e. The topological polar surface area (TPSA) is 50.3 Å². The van der Waals surface area contributed by atoms with Gasteiger partial charge < -0.3 is 4.90 Å². The van der Waals surface area contributed by atoms with Crippen molar-refractivity contribution in [1.29, 1.82) is 0 Å². The zero-order valence-electron chi connectivity index (χ0n) is 18.0. The summed E-state index contributed by atoms with van der Waals surface area (Å²) in [6.07, 6.45) is 1.37. The van der Waals surface area contributed by atoms with Gasteiger partial charge in [-0.15, -0.1) is 11.3 Å². The standard InChI is InChI=1S/C23H22Br2F2N2O2S2/c1-13-3-4-14(2)15(9-13)10-16-12-32-23(28-16)29-7-5-17(6-8-29)33(30,31)22-20(25)19(26)11-18(24)21(22)27/h3-4,9,11-12,17H,5-8,10H2,1-2H3. The summed E-state index contributed by atoms with van der Waals surface area (Å²) in [5, 5.41) is 2.10. The number of rotatable bonds is 5. The number of sulfone groups is 1. The van der Waals surface area contributed by atoms with Crippen molar-refractivity contribution in [1.82, 2.24) is 4.98 Å². The van der Waals surface area contributed by atoms with E-state index in [9.17, 15) is 17.2 Å². The molecule has 1 aromatic heterocycles. The number of hydrogen-bond acceptors (Lipinski definition) is 5. The number of aromatic nitrogens is 1. The molecule has 2 aromatic carbocycles. The predicted octanol–water partition coefficient (Wildman–Crippen LogP) is 6.60. The number of nitrogens with zero attached hydrogens (tertiary/aromatic N) is 2. The summed E-state index contributed by atoms with van der Waals surface area (Å²) in [5.74, 6) is -1.79. The molecule has 4 nitrogen and oxygen atoms in total. The van der Waals surface area contributed by atoms with E-state index in [0.717, 1.165) is 23.3 Å². The van der Waals surface area contributed by atoms with Gasteiger partial charge in [0.2, 0.25) is 0 Å². The Kier molecular flexibility index (Phi) is 7.29. The van der Waals surface area contributed by atoms with Gasteiger partial charge in [0.05, 0.1) is 19.9 Å². The molecule has 3 aromatic rings. The molecule has 0 spiro atoms. The quantitative estimate of drug-likeness (QED) is 0.302. The van der Waals surface area contributed by atoms with E-state index in [1.165, 1.54) is 16.7 Å². The van der Waals surface area contributed by atoms with Crippen LogP contribution in [0.2, 0.25) is 0 Å². The van der Waals surface area contributed by atoms with Gasteiger partial charge in [0.15, 0.2) is 20.8 Å². The van der Waals surface area contributed by atoms with Crippen molar-refractivity contribution in [3.05, 3.63) is 72.6 Å². The Balaban J connectivity index is 1.47. The van der Waals surface area contributed by atoms with Crippen molar-refractivity contribution >= 4 is 58.2 Å². The van der Waals surface area contributed by atoms with Crippen molar-refractivity contribution in [3.8, 4) is 0 Å². The van der Waals surface area contributed by atoms with Gasteiger partial charge in [-0.3, -0.25) is 0 Å². The first-order valence-electron chi connectivity index (χ1n) is 10.4. The van der Waals surface area contributed by atoms with Crippen molar-refractivity contribution < 1.29 is 17.2 Å². The molecule has 0 N–H and O–H groups in total. The Morgan fingerprint density at radius 2 is 1.85 bits per heavy atom. The lowest BCUT2D eigenvalue weighted by Gasteiger charge is -2.31. The van der Waals surface area contributed by atoms with Crippen LogP contribution in [0.1, 0.15) is 35.2 Å². The van der Waals surface area contributed by atoms with E-state index >= 15 is 0 Å². The van der Waals surface area contributed by atoms with Crippen molar-refractivity contribution in [2.75, 3.05) is 18.0 Å². The first kappa shape index (κ1) is 24.8. The highest BCUT2D eigenvalue weighted by atomic mass is 79.9. The Morgan fingerprint density at radius 3 is 2.55 bits per heavy atom. The van der Waals surface area contributed by atoms with Gasteiger partial charge in [-0.1, -0.05) is 23.8 Å². The number of halogens is 4. The van der Waals surface area contributed by atoms with Crippen LogP contribution in [0.15, 0.2) is 43.5 Å². The molecule has 4 rings (SSSR count). The van der Waals surface area contributed by atoms with E-state index in [-0.39, 0.29) is 8.95 Å².